The van der Waals surface area contributed by atoms with Crippen LogP contribution >= 0.6 is 0 Å². The molecule has 2 heterocycles. The number of methoxy groups -OCH3 is 1. The van der Waals surface area contributed by atoms with Gasteiger partial charge in [0.25, 0.3) is 5.91 Å². The molecule has 2 aliphatic heterocycles. The summed E-state index contributed by atoms with van der Waals surface area (Å²) >= 11 is 0. The first-order valence-electron chi connectivity index (χ1n) is 12.5. The molecule has 0 aliphatic carbocycles. The molecule has 1 saturated heterocycles. The van der Waals surface area contributed by atoms with Crippen molar-refractivity contribution in [1.82, 2.24) is 0 Å². The highest BCUT2D eigenvalue weighted by molar-refractivity contribution is 6.01. The summed E-state index contributed by atoms with van der Waals surface area (Å²) in [6.07, 6.45) is 4.09. The number of fused-ring (bicyclic) bond motifs is 1. The fourth-order valence-electron chi connectivity index (χ4n) is 5.21. The van der Waals surface area contributed by atoms with Crippen molar-refractivity contribution < 1.29 is 33.3 Å². The average molecular weight is 520 g/mol. The lowest BCUT2D eigenvalue weighted by Gasteiger charge is -2.43. The maximum Gasteiger partial charge on any atom is 0.308 e. The Kier molecular flexibility index (Phi) is 7.58. The predicted octanol–water partition coefficient (Wildman–Crippen LogP) is 4.91. The molecular formula is C30H33NO7. The molecule has 0 spiro atoms. The van der Waals surface area contributed by atoms with Gasteiger partial charge in [-0.1, -0.05) is 54.6 Å². The molecule has 8 nitrogen and oxygen atoms in total. The van der Waals surface area contributed by atoms with Crippen molar-refractivity contribution >= 4 is 29.6 Å². The van der Waals surface area contributed by atoms with Crippen LogP contribution in [-0.4, -0.2) is 42.8 Å². The van der Waals surface area contributed by atoms with Crippen LogP contribution in [0.25, 0.3) is 6.08 Å². The summed E-state index contributed by atoms with van der Waals surface area (Å²) in [7, 11) is 1.36. The normalized spacial score (nSPS) is 26.5. The van der Waals surface area contributed by atoms with Gasteiger partial charge in [0.15, 0.2) is 6.10 Å². The Morgan fingerprint density at radius 2 is 1.82 bits per heavy atom. The second-order valence-corrected chi connectivity index (χ2v) is 9.94. The minimum absolute atomic E-state index is 0.0338. The first kappa shape index (κ1) is 27.3. The molecule has 2 aromatic carbocycles. The van der Waals surface area contributed by atoms with Crippen LogP contribution in [0.3, 0.4) is 0 Å². The molecule has 1 fully saturated rings. The van der Waals surface area contributed by atoms with Gasteiger partial charge in [-0.05, 0) is 38.8 Å². The quantitative estimate of drug-likeness (QED) is 0.315. The van der Waals surface area contributed by atoms with Crippen molar-refractivity contribution in [3.63, 3.8) is 0 Å². The fraction of sp³-hybridized carbons (Fsp3) is 0.367. The Hall–Kier alpha value is -3.75. The highest BCUT2D eigenvalue weighted by Gasteiger charge is 2.56. The third-order valence-corrected chi connectivity index (χ3v) is 6.89. The lowest BCUT2D eigenvalue weighted by Crippen LogP contribution is -2.55. The summed E-state index contributed by atoms with van der Waals surface area (Å²) in [4.78, 5) is 38.2. The van der Waals surface area contributed by atoms with Gasteiger partial charge >= 0.3 is 11.9 Å². The summed E-state index contributed by atoms with van der Waals surface area (Å²) < 4.78 is 23.7. The molecule has 1 N–H and O–H groups in total. The van der Waals surface area contributed by atoms with E-state index >= 15 is 0 Å². The van der Waals surface area contributed by atoms with Crippen molar-refractivity contribution in [2.45, 2.75) is 63.9 Å². The van der Waals surface area contributed by atoms with E-state index in [1.165, 1.54) is 21.0 Å². The summed E-state index contributed by atoms with van der Waals surface area (Å²) in [6.45, 7) is 10.5. The van der Waals surface area contributed by atoms with Crippen molar-refractivity contribution in [2.75, 3.05) is 12.4 Å². The van der Waals surface area contributed by atoms with Gasteiger partial charge in [-0.15, -0.1) is 0 Å². The lowest BCUT2D eigenvalue weighted by molar-refractivity contribution is -0.172. The van der Waals surface area contributed by atoms with E-state index in [0.717, 1.165) is 18.4 Å². The SMILES string of the molecule is C=C(C)[C@@H]1CC[C@](C)(/C=C/c2ccc3c(c2OC(C)=O)[C@@](OC(C)=O)(c2ccccc2)[C@H](OC)C(=O)N3)O1. The van der Waals surface area contributed by atoms with Crippen LogP contribution in [0.2, 0.25) is 0 Å². The van der Waals surface area contributed by atoms with E-state index in [9.17, 15) is 14.4 Å². The second-order valence-electron chi connectivity index (χ2n) is 9.94. The average Bonchev–Trinajstić information content (AvgIpc) is 3.26. The zero-order valence-corrected chi connectivity index (χ0v) is 22.3. The number of carbonyl (C=O) groups excluding carboxylic acids is 3. The van der Waals surface area contributed by atoms with Crippen molar-refractivity contribution in [3.05, 3.63) is 77.4 Å². The first-order chi connectivity index (χ1) is 18.0. The van der Waals surface area contributed by atoms with E-state index < -0.39 is 35.2 Å². The number of anilines is 1. The molecule has 1 amide bonds. The monoisotopic (exact) mass is 519 g/mol. The molecule has 4 atom stereocenters. The van der Waals surface area contributed by atoms with Gasteiger partial charge in [-0.25, -0.2) is 0 Å². The third-order valence-electron chi connectivity index (χ3n) is 6.89. The molecule has 0 bridgehead atoms. The Morgan fingerprint density at radius 1 is 1.11 bits per heavy atom. The molecule has 0 unspecified atom stereocenters. The van der Waals surface area contributed by atoms with Crippen LogP contribution < -0.4 is 10.1 Å². The Balaban J connectivity index is 1.97. The standard InChI is InChI=1S/C30H33NO7/c1-18(2)24-15-17-29(5,38-24)16-14-21-12-13-23-25(26(21)36-19(3)32)30(37-20(4)33,22-10-8-7-9-11-22)27(35-6)28(34)31-23/h7-14,16,24,27H,1,15,17H2,2-6H3,(H,31,34)/b16-14+/t24-,27+,29-,30-/m0/s1. The molecule has 200 valence electrons. The Morgan fingerprint density at radius 3 is 2.39 bits per heavy atom. The van der Waals surface area contributed by atoms with Crippen LogP contribution in [-0.2, 0) is 34.2 Å². The molecule has 38 heavy (non-hydrogen) atoms. The molecule has 0 saturated carbocycles. The lowest BCUT2D eigenvalue weighted by atomic mass is 9.76. The van der Waals surface area contributed by atoms with Crippen LogP contribution in [0.1, 0.15) is 57.2 Å². The maximum atomic E-state index is 13.2. The van der Waals surface area contributed by atoms with Gasteiger partial charge in [-0.2, -0.15) is 0 Å². The van der Waals surface area contributed by atoms with E-state index in [4.69, 9.17) is 18.9 Å². The zero-order valence-electron chi connectivity index (χ0n) is 22.3. The number of nitrogens with one attached hydrogen (secondary N) is 1. The van der Waals surface area contributed by atoms with E-state index in [0.29, 0.717) is 22.4 Å². The first-order valence-corrected chi connectivity index (χ1v) is 12.5. The van der Waals surface area contributed by atoms with Gasteiger partial charge in [0.2, 0.25) is 5.60 Å². The van der Waals surface area contributed by atoms with Crippen LogP contribution in [0.15, 0.2) is 60.7 Å². The highest BCUT2D eigenvalue weighted by atomic mass is 16.6. The van der Waals surface area contributed by atoms with Gasteiger partial charge in [0.1, 0.15) is 5.75 Å². The number of carbonyl (C=O) groups is 3. The largest absolute Gasteiger partial charge is 0.446 e. The Bertz CT molecular complexity index is 1300. The predicted molar refractivity (Wildman–Crippen MR) is 143 cm³/mol. The van der Waals surface area contributed by atoms with Crippen molar-refractivity contribution in [3.8, 4) is 5.75 Å². The summed E-state index contributed by atoms with van der Waals surface area (Å²) in [6, 6.07) is 12.3. The van der Waals surface area contributed by atoms with Crippen molar-refractivity contribution in [2.24, 2.45) is 0 Å². The summed E-state index contributed by atoms with van der Waals surface area (Å²) in [5, 5.41) is 2.82. The van der Waals surface area contributed by atoms with Crippen LogP contribution in [0.4, 0.5) is 5.69 Å². The van der Waals surface area contributed by atoms with E-state index in [-0.39, 0.29) is 11.9 Å². The number of hydrogen-bond donors (Lipinski definition) is 1. The minimum atomic E-state index is -1.73. The molecule has 2 aliphatic rings. The number of ether oxygens (including phenoxy) is 4. The van der Waals surface area contributed by atoms with Crippen LogP contribution in [0, 0.1) is 0 Å². The zero-order chi connectivity index (χ0) is 27.7. The minimum Gasteiger partial charge on any atom is -0.446 e. The third kappa shape index (κ3) is 5.01. The van der Waals surface area contributed by atoms with E-state index in [1.54, 1.807) is 36.4 Å². The molecule has 0 aromatic heterocycles. The molecule has 0 radical (unpaired) electrons. The highest BCUT2D eigenvalue weighted by Crippen LogP contribution is 2.51. The van der Waals surface area contributed by atoms with Crippen molar-refractivity contribution in [1.29, 1.82) is 0 Å². The smallest absolute Gasteiger partial charge is 0.308 e. The molecule has 4 rings (SSSR count). The second kappa shape index (κ2) is 10.6. The molecule has 2 aromatic rings. The Labute approximate surface area is 222 Å². The number of esters is 2. The number of amides is 1. The molecule has 8 heteroatoms. The maximum absolute atomic E-state index is 13.2. The van der Waals surface area contributed by atoms with Gasteiger partial charge in [0, 0.05) is 32.1 Å². The van der Waals surface area contributed by atoms with Gasteiger partial charge in [-0.3, -0.25) is 14.4 Å². The fourth-order valence-corrected chi connectivity index (χ4v) is 5.21. The van der Waals surface area contributed by atoms with Crippen LogP contribution in [0.5, 0.6) is 5.75 Å². The topological polar surface area (TPSA) is 100 Å². The molecular weight excluding hydrogens is 486 g/mol. The van der Waals surface area contributed by atoms with Gasteiger partial charge in [0.05, 0.1) is 23.0 Å². The summed E-state index contributed by atoms with van der Waals surface area (Å²) in [5.41, 5.74) is 0.360. The van der Waals surface area contributed by atoms with E-state index in [1.807, 2.05) is 32.1 Å². The summed E-state index contributed by atoms with van der Waals surface area (Å²) in [5.74, 6) is -1.56. The number of rotatable bonds is 7. The van der Waals surface area contributed by atoms with Gasteiger partial charge < -0.3 is 24.3 Å². The number of hydrogen-bond acceptors (Lipinski definition) is 7. The number of benzene rings is 2. The van der Waals surface area contributed by atoms with E-state index in [2.05, 4.69) is 11.9 Å².